The van der Waals surface area contributed by atoms with Gasteiger partial charge in [-0.3, -0.25) is 4.79 Å². The smallest absolute Gasteiger partial charge is 0.209 e. The maximum absolute atomic E-state index is 15.0. The van der Waals surface area contributed by atoms with E-state index in [4.69, 9.17) is 11.6 Å². The van der Waals surface area contributed by atoms with Gasteiger partial charge in [0.25, 0.3) is 0 Å². The number of hydrogen-bond acceptors (Lipinski definition) is 4. The zero-order valence-electron chi connectivity index (χ0n) is 16.9. The molecule has 0 aliphatic heterocycles. The molecule has 2 aromatic carbocycles. The van der Waals surface area contributed by atoms with E-state index in [0.717, 1.165) is 5.56 Å². The molecule has 9 heteroatoms. The van der Waals surface area contributed by atoms with Crippen LogP contribution >= 0.6 is 11.6 Å². The fourth-order valence-electron chi connectivity index (χ4n) is 3.47. The lowest BCUT2D eigenvalue weighted by Crippen LogP contribution is -2.16. The summed E-state index contributed by atoms with van der Waals surface area (Å²) in [5, 5.41) is 13.5. The van der Waals surface area contributed by atoms with Crippen molar-refractivity contribution in [3.63, 3.8) is 0 Å². The molecule has 7 nitrogen and oxygen atoms in total. The lowest BCUT2D eigenvalue weighted by molar-refractivity contribution is 0.606. The molecule has 0 aliphatic rings. The maximum atomic E-state index is 15.0. The molecule has 32 heavy (non-hydrogen) atoms. The summed E-state index contributed by atoms with van der Waals surface area (Å²) in [5.41, 5.74) is 2.58. The van der Waals surface area contributed by atoms with Crippen molar-refractivity contribution in [2.45, 2.75) is 6.92 Å². The first-order valence-electron chi connectivity index (χ1n) is 9.72. The Balaban J connectivity index is 1.63. The highest BCUT2D eigenvalue weighted by Gasteiger charge is 2.18. The minimum atomic E-state index is -0.500. The lowest BCUT2D eigenvalue weighted by atomic mass is 10.2. The minimum Gasteiger partial charge on any atom is -0.287 e. The van der Waals surface area contributed by atoms with Gasteiger partial charge < -0.3 is 0 Å². The Morgan fingerprint density at radius 3 is 2.56 bits per heavy atom. The highest BCUT2D eigenvalue weighted by Crippen LogP contribution is 2.25. The van der Waals surface area contributed by atoms with Crippen LogP contribution in [0.25, 0.3) is 28.5 Å². The number of benzene rings is 2. The first-order valence-corrected chi connectivity index (χ1v) is 10.1. The third kappa shape index (κ3) is 3.50. The van der Waals surface area contributed by atoms with E-state index in [1.807, 2.05) is 13.0 Å². The molecule has 5 rings (SSSR count). The Hall–Kier alpha value is -4.04. The van der Waals surface area contributed by atoms with E-state index in [1.165, 1.54) is 23.0 Å². The molecule has 0 atom stereocenters. The zero-order chi connectivity index (χ0) is 22.2. The largest absolute Gasteiger partial charge is 0.287 e. The number of nitrogens with zero attached hydrogens (tertiary/aromatic N) is 6. The Kier molecular flexibility index (Phi) is 4.91. The molecule has 0 aliphatic carbocycles. The van der Waals surface area contributed by atoms with Crippen LogP contribution in [-0.2, 0) is 0 Å². The van der Waals surface area contributed by atoms with E-state index < -0.39 is 5.82 Å². The fourth-order valence-corrected chi connectivity index (χ4v) is 3.66. The molecule has 0 spiro atoms. The van der Waals surface area contributed by atoms with Crippen molar-refractivity contribution in [1.29, 1.82) is 0 Å². The third-order valence-corrected chi connectivity index (χ3v) is 5.22. The molecule has 0 fully saturated rings. The molecule has 3 aromatic heterocycles. The average Bonchev–Trinajstić information content (AvgIpc) is 3.45. The third-order valence-electron chi connectivity index (χ3n) is 4.98. The van der Waals surface area contributed by atoms with Gasteiger partial charge in [0, 0.05) is 35.7 Å². The highest BCUT2D eigenvalue weighted by molar-refractivity contribution is 6.30. The van der Waals surface area contributed by atoms with E-state index >= 15 is 0 Å². The zero-order valence-corrected chi connectivity index (χ0v) is 17.6. The SMILES string of the molecule is Cc1cnn(-c2cccc(Cl)c2)c1-c1nn(-c2ccc(-n3cccn3)cc2F)ccc1=O. The van der Waals surface area contributed by atoms with Gasteiger partial charge in [0.15, 0.2) is 11.5 Å². The van der Waals surface area contributed by atoms with Gasteiger partial charge in [0.1, 0.15) is 11.4 Å². The quantitative estimate of drug-likeness (QED) is 0.411. The van der Waals surface area contributed by atoms with Crippen molar-refractivity contribution in [3.05, 3.63) is 106 Å². The summed E-state index contributed by atoms with van der Waals surface area (Å²) in [7, 11) is 0. The maximum Gasteiger partial charge on any atom is 0.209 e. The summed E-state index contributed by atoms with van der Waals surface area (Å²) >= 11 is 6.13. The van der Waals surface area contributed by atoms with Crippen molar-refractivity contribution in [3.8, 4) is 28.5 Å². The van der Waals surface area contributed by atoms with Crippen LogP contribution in [0.4, 0.5) is 4.39 Å². The highest BCUT2D eigenvalue weighted by atomic mass is 35.5. The van der Waals surface area contributed by atoms with Crippen LogP contribution in [-0.4, -0.2) is 29.3 Å². The minimum absolute atomic E-state index is 0.151. The number of aromatic nitrogens is 6. The van der Waals surface area contributed by atoms with Crippen LogP contribution in [0.15, 0.2) is 84.2 Å². The van der Waals surface area contributed by atoms with Crippen molar-refractivity contribution in [2.24, 2.45) is 0 Å². The van der Waals surface area contributed by atoms with Crippen molar-refractivity contribution in [1.82, 2.24) is 29.3 Å². The van der Waals surface area contributed by atoms with Crippen molar-refractivity contribution < 1.29 is 4.39 Å². The van der Waals surface area contributed by atoms with Crippen LogP contribution in [0.5, 0.6) is 0 Å². The second-order valence-electron chi connectivity index (χ2n) is 7.13. The molecule has 5 aromatic rings. The monoisotopic (exact) mass is 446 g/mol. The molecule has 158 valence electrons. The Labute approximate surface area is 186 Å². The average molecular weight is 447 g/mol. The predicted octanol–water partition coefficient (Wildman–Crippen LogP) is 4.37. The first kappa shape index (κ1) is 19.9. The van der Waals surface area contributed by atoms with Gasteiger partial charge >= 0.3 is 0 Å². The first-order chi connectivity index (χ1) is 15.5. The number of halogens is 2. The molecule has 0 amide bonds. The summed E-state index contributed by atoms with van der Waals surface area (Å²) in [6.45, 7) is 1.83. The summed E-state index contributed by atoms with van der Waals surface area (Å²) < 4.78 is 19.5. The summed E-state index contributed by atoms with van der Waals surface area (Å²) in [6.07, 6.45) is 6.43. The molecule has 0 saturated heterocycles. The second-order valence-corrected chi connectivity index (χ2v) is 7.56. The fraction of sp³-hybridized carbons (Fsp3) is 0.0435. The molecule has 0 N–H and O–H groups in total. The van der Waals surface area contributed by atoms with Crippen LogP contribution in [0.2, 0.25) is 5.02 Å². The van der Waals surface area contributed by atoms with Crippen molar-refractivity contribution in [2.75, 3.05) is 0 Å². The topological polar surface area (TPSA) is 70.5 Å². The van der Waals surface area contributed by atoms with Crippen LogP contribution in [0.1, 0.15) is 5.56 Å². The van der Waals surface area contributed by atoms with Crippen LogP contribution < -0.4 is 5.43 Å². The standard InChI is InChI=1S/C23H16ClFN6O/c1-15-14-27-31(18-5-2-4-16(24)12-18)23(15)22-21(32)8-11-30(28-22)20-7-6-17(13-19(20)25)29-10-3-9-26-29/h2-14H,1H3. The number of rotatable bonds is 4. The molecule has 0 radical (unpaired) electrons. The van der Waals surface area contributed by atoms with E-state index in [2.05, 4.69) is 15.3 Å². The van der Waals surface area contributed by atoms with E-state index in [1.54, 1.807) is 64.4 Å². The van der Waals surface area contributed by atoms with Crippen LogP contribution in [0, 0.1) is 12.7 Å². The molecule has 0 unspecified atom stereocenters. The van der Waals surface area contributed by atoms with E-state index in [-0.39, 0.29) is 16.8 Å². The normalized spacial score (nSPS) is 11.1. The van der Waals surface area contributed by atoms with Gasteiger partial charge in [-0.1, -0.05) is 17.7 Å². The van der Waals surface area contributed by atoms with E-state index in [9.17, 15) is 9.18 Å². The van der Waals surface area contributed by atoms with E-state index in [0.29, 0.717) is 22.1 Å². The van der Waals surface area contributed by atoms with Gasteiger partial charge in [-0.25, -0.2) is 18.4 Å². The molecule has 0 saturated carbocycles. The predicted molar refractivity (Wildman–Crippen MR) is 119 cm³/mol. The Bertz CT molecular complexity index is 1490. The van der Waals surface area contributed by atoms with Crippen molar-refractivity contribution >= 4 is 11.6 Å². The number of aryl methyl sites for hydroxylation is 1. The molecule has 3 heterocycles. The molecule has 0 bridgehead atoms. The molecular weight excluding hydrogens is 431 g/mol. The number of hydrogen-bond donors (Lipinski definition) is 0. The van der Waals surface area contributed by atoms with Gasteiger partial charge in [-0.05, 0) is 48.9 Å². The Morgan fingerprint density at radius 1 is 0.938 bits per heavy atom. The van der Waals surface area contributed by atoms with Gasteiger partial charge in [-0.15, -0.1) is 0 Å². The lowest BCUT2D eigenvalue weighted by Gasteiger charge is -2.12. The van der Waals surface area contributed by atoms with Gasteiger partial charge in [0.05, 0.1) is 17.6 Å². The summed E-state index contributed by atoms with van der Waals surface area (Å²) in [5.74, 6) is -0.500. The molecular formula is C23H16ClFN6O. The Morgan fingerprint density at radius 2 is 1.81 bits per heavy atom. The second kappa shape index (κ2) is 7.90. The van der Waals surface area contributed by atoms with Gasteiger partial charge in [0.2, 0.25) is 5.43 Å². The summed E-state index contributed by atoms with van der Waals surface area (Å²) in [4.78, 5) is 12.7. The van der Waals surface area contributed by atoms with Gasteiger partial charge in [-0.2, -0.15) is 15.3 Å². The van der Waals surface area contributed by atoms with Crippen LogP contribution in [0.3, 0.4) is 0 Å². The summed E-state index contributed by atoms with van der Waals surface area (Å²) in [6, 6.07) is 14.9.